The molecule has 0 spiro atoms. The van der Waals surface area contributed by atoms with Crippen LogP contribution in [0.15, 0.2) is 17.2 Å². The number of hydrogen-bond acceptors (Lipinski definition) is 7. The lowest BCUT2D eigenvalue weighted by Gasteiger charge is -2.06. The molecule has 0 saturated heterocycles. The van der Waals surface area contributed by atoms with Gasteiger partial charge in [0.1, 0.15) is 12.2 Å². The highest BCUT2D eigenvalue weighted by atomic mass is 35.5. The summed E-state index contributed by atoms with van der Waals surface area (Å²) >= 11 is 5.85. The highest BCUT2D eigenvalue weighted by Gasteiger charge is 2.16. The van der Waals surface area contributed by atoms with Crippen LogP contribution in [0.5, 0.6) is 5.88 Å². The molecule has 110 valence electrons. The standard InChI is InChI=1S/C12H13ClN6O2/c1-20-12-10-11(14-6-15-12)19(9(17-10)2-4-13)5-3-8-16-7-21-18-8/h6-7H,2-5H2,1H3. The molecule has 3 heterocycles. The van der Waals surface area contributed by atoms with Gasteiger partial charge in [0.2, 0.25) is 12.3 Å². The summed E-state index contributed by atoms with van der Waals surface area (Å²) in [5.74, 6) is 2.40. The van der Waals surface area contributed by atoms with Crippen LogP contribution in [0.4, 0.5) is 0 Å². The van der Waals surface area contributed by atoms with Crippen LogP contribution in [-0.2, 0) is 19.4 Å². The molecule has 0 fully saturated rings. The third kappa shape index (κ3) is 2.66. The molecule has 3 aromatic heterocycles. The van der Waals surface area contributed by atoms with Gasteiger partial charge < -0.3 is 13.8 Å². The molecule has 0 N–H and O–H groups in total. The van der Waals surface area contributed by atoms with Crippen molar-refractivity contribution in [2.75, 3.05) is 13.0 Å². The Balaban J connectivity index is 1.99. The van der Waals surface area contributed by atoms with Gasteiger partial charge in [0, 0.05) is 25.3 Å². The van der Waals surface area contributed by atoms with E-state index in [1.54, 1.807) is 7.11 Å². The predicted octanol–water partition coefficient (Wildman–Crippen LogP) is 1.24. The number of methoxy groups -OCH3 is 1. The Morgan fingerprint density at radius 1 is 1.29 bits per heavy atom. The van der Waals surface area contributed by atoms with E-state index < -0.39 is 0 Å². The van der Waals surface area contributed by atoms with E-state index in [1.165, 1.54) is 12.7 Å². The van der Waals surface area contributed by atoms with Crippen LogP contribution in [0.25, 0.3) is 11.2 Å². The summed E-state index contributed by atoms with van der Waals surface area (Å²) in [5, 5.41) is 3.80. The van der Waals surface area contributed by atoms with E-state index in [2.05, 4.69) is 25.1 Å². The summed E-state index contributed by atoms with van der Waals surface area (Å²) in [6.07, 6.45) is 4.02. The molecule has 21 heavy (non-hydrogen) atoms. The van der Waals surface area contributed by atoms with Gasteiger partial charge in [0.05, 0.1) is 7.11 Å². The first kappa shape index (κ1) is 13.7. The second kappa shape index (κ2) is 6.04. The third-order valence-electron chi connectivity index (χ3n) is 3.05. The van der Waals surface area contributed by atoms with Gasteiger partial charge in [-0.05, 0) is 0 Å². The molecule has 9 heteroatoms. The second-order valence-corrected chi connectivity index (χ2v) is 4.65. The van der Waals surface area contributed by atoms with E-state index >= 15 is 0 Å². The van der Waals surface area contributed by atoms with Gasteiger partial charge in [-0.25, -0.2) is 9.97 Å². The molecule has 0 aliphatic rings. The molecule has 0 saturated carbocycles. The summed E-state index contributed by atoms with van der Waals surface area (Å²) in [6.45, 7) is 0.627. The number of fused-ring (bicyclic) bond motifs is 1. The summed E-state index contributed by atoms with van der Waals surface area (Å²) in [5.41, 5.74) is 1.35. The van der Waals surface area contributed by atoms with Crippen molar-refractivity contribution >= 4 is 22.8 Å². The lowest BCUT2D eigenvalue weighted by Crippen LogP contribution is -2.08. The van der Waals surface area contributed by atoms with Gasteiger partial charge >= 0.3 is 0 Å². The minimum Gasteiger partial charge on any atom is -0.479 e. The summed E-state index contributed by atoms with van der Waals surface area (Å²) in [4.78, 5) is 16.9. The Kier molecular flexibility index (Phi) is 3.96. The van der Waals surface area contributed by atoms with Crippen molar-refractivity contribution in [2.45, 2.75) is 19.4 Å². The maximum absolute atomic E-state index is 5.85. The first-order valence-electron chi connectivity index (χ1n) is 6.38. The number of imidazole rings is 1. The molecule has 0 amide bonds. The molecule has 0 aliphatic carbocycles. The van der Waals surface area contributed by atoms with Crippen molar-refractivity contribution < 1.29 is 9.26 Å². The summed E-state index contributed by atoms with van der Waals surface area (Å²) < 4.78 is 11.9. The van der Waals surface area contributed by atoms with Gasteiger partial charge in [-0.15, -0.1) is 11.6 Å². The van der Waals surface area contributed by atoms with Crippen LogP contribution >= 0.6 is 11.6 Å². The van der Waals surface area contributed by atoms with E-state index in [-0.39, 0.29) is 0 Å². The zero-order valence-electron chi connectivity index (χ0n) is 11.4. The average molecular weight is 309 g/mol. The first-order valence-corrected chi connectivity index (χ1v) is 6.92. The number of halogens is 1. The van der Waals surface area contributed by atoms with Crippen molar-refractivity contribution in [3.63, 3.8) is 0 Å². The lowest BCUT2D eigenvalue weighted by atomic mass is 10.3. The Bertz CT molecular complexity index is 727. The molecule has 8 nitrogen and oxygen atoms in total. The lowest BCUT2D eigenvalue weighted by molar-refractivity contribution is 0.401. The average Bonchev–Trinajstić information content (AvgIpc) is 3.12. The van der Waals surface area contributed by atoms with E-state index in [0.29, 0.717) is 48.1 Å². The van der Waals surface area contributed by atoms with Gasteiger partial charge in [-0.1, -0.05) is 5.16 Å². The molecule has 0 unspecified atom stereocenters. The number of aryl methyl sites for hydroxylation is 3. The Labute approximate surface area is 125 Å². The number of aromatic nitrogens is 6. The number of hydrogen-bond donors (Lipinski definition) is 0. The van der Waals surface area contributed by atoms with E-state index in [0.717, 1.165) is 5.82 Å². The van der Waals surface area contributed by atoms with Gasteiger partial charge in [0.25, 0.3) is 0 Å². The van der Waals surface area contributed by atoms with Crippen LogP contribution in [0.3, 0.4) is 0 Å². The van der Waals surface area contributed by atoms with Crippen molar-refractivity contribution in [3.05, 3.63) is 24.4 Å². The Hall–Kier alpha value is -2.22. The van der Waals surface area contributed by atoms with Gasteiger partial charge in [-0.2, -0.15) is 9.97 Å². The predicted molar refractivity (Wildman–Crippen MR) is 74.3 cm³/mol. The molecule has 0 atom stereocenters. The molecule has 0 aliphatic heterocycles. The Morgan fingerprint density at radius 2 is 2.19 bits per heavy atom. The van der Waals surface area contributed by atoms with E-state index in [1.807, 2.05) is 4.57 Å². The quantitative estimate of drug-likeness (QED) is 0.633. The van der Waals surface area contributed by atoms with E-state index in [4.69, 9.17) is 20.9 Å². The minimum atomic E-state index is 0.453. The fourth-order valence-electron chi connectivity index (χ4n) is 2.14. The number of alkyl halides is 1. The third-order valence-corrected chi connectivity index (χ3v) is 3.24. The number of ether oxygens (including phenoxy) is 1. The zero-order valence-corrected chi connectivity index (χ0v) is 12.1. The maximum Gasteiger partial charge on any atom is 0.245 e. The SMILES string of the molecule is COc1ncnc2c1nc(CCCl)n2CCc1ncon1. The van der Waals surface area contributed by atoms with E-state index in [9.17, 15) is 0 Å². The van der Waals surface area contributed by atoms with Crippen molar-refractivity contribution in [3.8, 4) is 5.88 Å². The fourth-order valence-corrected chi connectivity index (χ4v) is 2.30. The van der Waals surface area contributed by atoms with Gasteiger partial charge in [0.15, 0.2) is 17.0 Å². The summed E-state index contributed by atoms with van der Waals surface area (Å²) in [6, 6.07) is 0. The van der Waals surface area contributed by atoms with Gasteiger partial charge in [-0.3, -0.25) is 0 Å². The normalized spacial score (nSPS) is 11.1. The highest BCUT2D eigenvalue weighted by Crippen LogP contribution is 2.22. The first-order chi connectivity index (χ1) is 10.3. The van der Waals surface area contributed by atoms with Crippen molar-refractivity contribution in [1.29, 1.82) is 0 Å². The molecule has 0 aromatic carbocycles. The molecular formula is C12H13ClN6O2. The maximum atomic E-state index is 5.85. The van der Waals surface area contributed by atoms with Crippen LogP contribution < -0.4 is 4.74 Å². The van der Waals surface area contributed by atoms with Crippen LogP contribution in [0.1, 0.15) is 11.6 Å². The fraction of sp³-hybridized carbons (Fsp3) is 0.417. The summed E-state index contributed by atoms with van der Waals surface area (Å²) in [7, 11) is 1.56. The molecule has 0 radical (unpaired) electrons. The minimum absolute atomic E-state index is 0.453. The second-order valence-electron chi connectivity index (χ2n) is 4.27. The molecule has 0 bridgehead atoms. The van der Waals surface area contributed by atoms with Crippen molar-refractivity contribution in [2.24, 2.45) is 0 Å². The van der Waals surface area contributed by atoms with Crippen LogP contribution in [-0.4, -0.2) is 42.6 Å². The monoisotopic (exact) mass is 308 g/mol. The van der Waals surface area contributed by atoms with Crippen LogP contribution in [0, 0.1) is 0 Å². The van der Waals surface area contributed by atoms with Crippen molar-refractivity contribution in [1.82, 2.24) is 29.7 Å². The zero-order chi connectivity index (χ0) is 14.7. The van der Waals surface area contributed by atoms with Crippen LogP contribution in [0.2, 0.25) is 0 Å². The topological polar surface area (TPSA) is 91.8 Å². The largest absolute Gasteiger partial charge is 0.479 e. The molecule has 3 aromatic rings. The molecule has 3 rings (SSSR count). The number of rotatable bonds is 6. The number of nitrogens with zero attached hydrogens (tertiary/aromatic N) is 6. The Morgan fingerprint density at radius 3 is 2.90 bits per heavy atom. The smallest absolute Gasteiger partial charge is 0.245 e. The molecular weight excluding hydrogens is 296 g/mol. The highest BCUT2D eigenvalue weighted by molar-refractivity contribution is 6.17.